The summed E-state index contributed by atoms with van der Waals surface area (Å²) in [4.78, 5) is 4.53. The SMILES string of the molecule is Clc1cc[nH]c1CCCCSc1ccccc1. The smallest absolute Gasteiger partial charge is 0.0612 e. The van der Waals surface area contributed by atoms with Crippen LogP contribution >= 0.6 is 23.4 Å². The molecule has 0 saturated carbocycles. The Morgan fingerprint density at radius 1 is 1.06 bits per heavy atom. The molecule has 0 aliphatic heterocycles. The first kappa shape index (κ1) is 12.6. The van der Waals surface area contributed by atoms with Crippen LogP contribution in [0.1, 0.15) is 18.5 Å². The van der Waals surface area contributed by atoms with Crippen LogP contribution in [0.2, 0.25) is 5.02 Å². The topological polar surface area (TPSA) is 15.8 Å². The van der Waals surface area contributed by atoms with E-state index >= 15 is 0 Å². The second-order valence-electron chi connectivity index (χ2n) is 3.92. The number of aryl methyl sites for hydroxylation is 1. The predicted molar refractivity (Wildman–Crippen MR) is 75.9 cm³/mol. The fourth-order valence-electron chi connectivity index (χ4n) is 1.69. The lowest BCUT2D eigenvalue weighted by molar-refractivity contribution is 0.788. The van der Waals surface area contributed by atoms with Crippen LogP contribution in [0, 0.1) is 0 Å². The highest BCUT2D eigenvalue weighted by atomic mass is 35.5. The van der Waals surface area contributed by atoms with Crippen molar-refractivity contribution in [2.75, 3.05) is 5.75 Å². The monoisotopic (exact) mass is 265 g/mol. The Hall–Kier alpha value is -0.860. The summed E-state index contributed by atoms with van der Waals surface area (Å²) >= 11 is 7.93. The molecule has 0 radical (unpaired) electrons. The first-order valence-corrected chi connectivity index (χ1v) is 7.22. The number of benzene rings is 1. The van der Waals surface area contributed by atoms with E-state index in [0.29, 0.717) is 0 Å². The Morgan fingerprint density at radius 2 is 1.88 bits per heavy atom. The number of nitrogens with one attached hydrogen (secondary N) is 1. The van der Waals surface area contributed by atoms with Crippen LogP contribution in [-0.4, -0.2) is 10.7 Å². The molecule has 2 rings (SSSR count). The molecule has 1 N–H and O–H groups in total. The summed E-state index contributed by atoms with van der Waals surface area (Å²) in [5, 5.41) is 0.862. The van der Waals surface area contributed by atoms with Gasteiger partial charge in [0.05, 0.1) is 5.02 Å². The van der Waals surface area contributed by atoms with Gasteiger partial charge in [0.1, 0.15) is 0 Å². The molecule has 1 aromatic heterocycles. The summed E-state index contributed by atoms with van der Waals surface area (Å²) in [5.74, 6) is 1.17. The summed E-state index contributed by atoms with van der Waals surface area (Å²) in [6.45, 7) is 0. The van der Waals surface area contributed by atoms with Gasteiger partial charge in [0.2, 0.25) is 0 Å². The lowest BCUT2D eigenvalue weighted by atomic mass is 10.2. The maximum atomic E-state index is 6.01. The zero-order valence-electron chi connectivity index (χ0n) is 9.66. The number of aromatic nitrogens is 1. The van der Waals surface area contributed by atoms with Gasteiger partial charge in [0.25, 0.3) is 0 Å². The van der Waals surface area contributed by atoms with Crippen LogP contribution in [0.25, 0.3) is 0 Å². The standard InChI is InChI=1S/C14H16ClNS/c15-13-9-10-16-14(13)8-4-5-11-17-12-6-2-1-3-7-12/h1-3,6-7,9-10,16H,4-5,8,11H2. The summed E-state index contributed by atoms with van der Waals surface area (Å²) in [6, 6.07) is 12.5. The van der Waals surface area contributed by atoms with Crippen molar-refractivity contribution in [3.8, 4) is 0 Å². The van der Waals surface area contributed by atoms with Crippen molar-refractivity contribution in [3.05, 3.63) is 53.3 Å². The number of rotatable bonds is 6. The van der Waals surface area contributed by atoms with E-state index in [4.69, 9.17) is 11.6 Å². The third-order valence-corrected chi connectivity index (χ3v) is 4.06. The second-order valence-corrected chi connectivity index (χ2v) is 5.50. The van der Waals surface area contributed by atoms with Crippen molar-refractivity contribution in [2.24, 2.45) is 0 Å². The average molecular weight is 266 g/mol. The Bertz CT molecular complexity index is 438. The minimum atomic E-state index is 0.862. The van der Waals surface area contributed by atoms with E-state index in [9.17, 15) is 0 Å². The van der Waals surface area contributed by atoms with Crippen LogP contribution in [0.3, 0.4) is 0 Å². The van der Waals surface area contributed by atoms with Crippen LogP contribution in [0.4, 0.5) is 0 Å². The Kier molecular flexibility index (Phi) is 5.02. The molecule has 1 aromatic carbocycles. The van der Waals surface area contributed by atoms with Gasteiger partial charge in [-0.25, -0.2) is 0 Å². The molecule has 1 nitrogen and oxygen atoms in total. The maximum absolute atomic E-state index is 6.01. The van der Waals surface area contributed by atoms with Crippen molar-refractivity contribution < 1.29 is 0 Å². The Balaban J connectivity index is 1.63. The van der Waals surface area contributed by atoms with Gasteiger partial charge in [-0.2, -0.15) is 0 Å². The molecule has 0 unspecified atom stereocenters. The zero-order valence-corrected chi connectivity index (χ0v) is 11.2. The number of unbranched alkanes of at least 4 members (excludes halogenated alkanes) is 1. The normalized spacial score (nSPS) is 10.6. The Labute approximate surface area is 112 Å². The molecule has 0 atom stereocenters. The van der Waals surface area contributed by atoms with Crippen LogP contribution in [0.5, 0.6) is 0 Å². The molecule has 0 spiro atoms. The molecule has 0 bridgehead atoms. The van der Waals surface area contributed by atoms with Gasteiger partial charge in [-0.15, -0.1) is 11.8 Å². The van der Waals surface area contributed by atoms with E-state index < -0.39 is 0 Å². The highest BCUT2D eigenvalue weighted by Crippen LogP contribution is 2.20. The van der Waals surface area contributed by atoms with E-state index in [0.717, 1.165) is 17.1 Å². The van der Waals surface area contributed by atoms with Crippen molar-refractivity contribution in [1.29, 1.82) is 0 Å². The summed E-state index contributed by atoms with van der Waals surface area (Å²) in [5.41, 5.74) is 1.16. The largest absolute Gasteiger partial charge is 0.364 e. The van der Waals surface area contributed by atoms with Gasteiger partial charge in [-0.05, 0) is 43.2 Å². The Morgan fingerprint density at radius 3 is 2.59 bits per heavy atom. The third kappa shape index (κ3) is 4.14. The lowest BCUT2D eigenvalue weighted by Crippen LogP contribution is -1.88. The molecule has 0 aliphatic carbocycles. The molecular weight excluding hydrogens is 250 g/mol. The minimum Gasteiger partial charge on any atom is -0.364 e. The fourth-order valence-corrected chi connectivity index (χ4v) is 2.83. The van der Waals surface area contributed by atoms with Crippen molar-refractivity contribution in [1.82, 2.24) is 4.98 Å². The summed E-state index contributed by atoms with van der Waals surface area (Å²) < 4.78 is 0. The molecule has 1 heterocycles. The lowest BCUT2D eigenvalue weighted by Gasteiger charge is -2.01. The third-order valence-electron chi connectivity index (χ3n) is 2.61. The van der Waals surface area contributed by atoms with E-state index in [1.807, 2.05) is 24.0 Å². The summed E-state index contributed by atoms with van der Waals surface area (Å²) in [7, 11) is 0. The first-order chi connectivity index (χ1) is 8.36. The van der Waals surface area contributed by atoms with E-state index in [2.05, 4.69) is 35.3 Å². The zero-order chi connectivity index (χ0) is 11.9. The molecule has 90 valence electrons. The first-order valence-electron chi connectivity index (χ1n) is 5.86. The van der Waals surface area contributed by atoms with Crippen LogP contribution in [0.15, 0.2) is 47.5 Å². The van der Waals surface area contributed by atoms with Crippen molar-refractivity contribution in [2.45, 2.75) is 24.2 Å². The van der Waals surface area contributed by atoms with E-state index in [-0.39, 0.29) is 0 Å². The molecular formula is C14H16ClNS. The minimum absolute atomic E-state index is 0.862. The molecule has 0 aliphatic rings. The number of H-pyrrole nitrogens is 1. The molecule has 2 aromatic rings. The second kappa shape index (κ2) is 6.77. The highest BCUT2D eigenvalue weighted by molar-refractivity contribution is 7.99. The van der Waals surface area contributed by atoms with E-state index in [1.54, 1.807) is 0 Å². The fraction of sp³-hybridized carbons (Fsp3) is 0.286. The number of thioether (sulfide) groups is 1. The molecule has 0 saturated heterocycles. The number of aromatic amines is 1. The quantitative estimate of drug-likeness (QED) is 0.587. The van der Waals surface area contributed by atoms with Gasteiger partial charge < -0.3 is 4.98 Å². The summed E-state index contributed by atoms with van der Waals surface area (Å²) in [6.07, 6.45) is 5.34. The maximum Gasteiger partial charge on any atom is 0.0612 e. The van der Waals surface area contributed by atoms with Gasteiger partial charge in [0.15, 0.2) is 0 Å². The molecule has 0 fully saturated rings. The van der Waals surface area contributed by atoms with Crippen LogP contribution < -0.4 is 0 Å². The average Bonchev–Trinajstić information content (AvgIpc) is 2.76. The van der Waals surface area contributed by atoms with Gasteiger partial charge in [-0.1, -0.05) is 29.8 Å². The van der Waals surface area contributed by atoms with Crippen LogP contribution in [-0.2, 0) is 6.42 Å². The number of hydrogen-bond acceptors (Lipinski definition) is 1. The van der Waals surface area contributed by atoms with Gasteiger partial charge in [-0.3, -0.25) is 0 Å². The number of hydrogen-bond donors (Lipinski definition) is 1. The molecule has 0 amide bonds. The van der Waals surface area contributed by atoms with Crippen molar-refractivity contribution in [3.63, 3.8) is 0 Å². The predicted octanol–water partition coefficient (Wildman–Crippen LogP) is 4.78. The molecule has 3 heteroatoms. The highest BCUT2D eigenvalue weighted by Gasteiger charge is 2.00. The number of halogens is 1. The van der Waals surface area contributed by atoms with E-state index in [1.165, 1.54) is 23.5 Å². The van der Waals surface area contributed by atoms with Crippen molar-refractivity contribution >= 4 is 23.4 Å². The molecule has 17 heavy (non-hydrogen) atoms. The van der Waals surface area contributed by atoms with Gasteiger partial charge in [0, 0.05) is 16.8 Å². The van der Waals surface area contributed by atoms with Gasteiger partial charge >= 0.3 is 0 Å².